The third-order valence-electron chi connectivity index (χ3n) is 1.95. The van der Waals surface area contributed by atoms with E-state index in [4.69, 9.17) is 0 Å². The summed E-state index contributed by atoms with van der Waals surface area (Å²) in [6.07, 6.45) is 0.576. The Morgan fingerprint density at radius 3 is 2.67 bits per heavy atom. The Morgan fingerprint density at radius 1 is 1.47 bits per heavy atom. The number of ether oxygens (including phenoxy) is 1. The van der Waals surface area contributed by atoms with Gasteiger partial charge < -0.3 is 14.8 Å². The van der Waals surface area contributed by atoms with Crippen molar-refractivity contribution in [1.82, 2.24) is 5.32 Å². The summed E-state index contributed by atoms with van der Waals surface area (Å²) in [5.41, 5.74) is 0.992. The molecule has 1 atom stereocenters. The van der Waals surface area contributed by atoms with Gasteiger partial charge in [0.05, 0.1) is 13.2 Å². The average molecular weight is 207 g/mol. The van der Waals surface area contributed by atoms with E-state index in [0.717, 1.165) is 5.56 Å². The molecule has 4 nitrogen and oxygen atoms in total. The van der Waals surface area contributed by atoms with Crippen molar-refractivity contribution in [3.63, 3.8) is 0 Å². The molecule has 0 aliphatic heterocycles. The molecule has 1 rings (SSSR count). The highest BCUT2D eigenvalue weighted by molar-refractivity contribution is 5.73. The number of nitrogens with one attached hydrogen (secondary N) is 1. The van der Waals surface area contributed by atoms with Crippen molar-refractivity contribution in [2.24, 2.45) is 0 Å². The van der Waals surface area contributed by atoms with Gasteiger partial charge in [-0.2, -0.15) is 0 Å². The van der Waals surface area contributed by atoms with E-state index >= 15 is 0 Å². The standard InChI is InChI=1S/C11H13NO3/c1-15-11(14)12-10(8-13)7-9-5-3-2-4-6-9/h2-6,8,10H,7H2,1H3,(H,12,14). The van der Waals surface area contributed by atoms with Crippen LogP contribution >= 0.6 is 0 Å². The van der Waals surface area contributed by atoms with Crippen molar-refractivity contribution in [1.29, 1.82) is 0 Å². The Morgan fingerprint density at radius 2 is 2.13 bits per heavy atom. The first-order chi connectivity index (χ1) is 7.26. The van der Waals surface area contributed by atoms with Crippen molar-refractivity contribution >= 4 is 12.4 Å². The number of aldehydes is 1. The van der Waals surface area contributed by atoms with Crippen LogP contribution in [0, 0.1) is 0 Å². The van der Waals surface area contributed by atoms with E-state index in [1.165, 1.54) is 7.11 Å². The highest BCUT2D eigenvalue weighted by Gasteiger charge is 2.11. The molecule has 0 saturated carbocycles. The molecule has 1 N–H and O–H groups in total. The molecule has 15 heavy (non-hydrogen) atoms. The second-order valence-corrected chi connectivity index (χ2v) is 3.07. The van der Waals surface area contributed by atoms with Gasteiger partial charge in [-0.3, -0.25) is 0 Å². The van der Waals surface area contributed by atoms with Gasteiger partial charge in [-0.05, 0) is 12.0 Å². The number of hydrogen-bond donors (Lipinski definition) is 1. The van der Waals surface area contributed by atoms with Crippen LogP contribution < -0.4 is 5.32 Å². The van der Waals surface area contributed by atoms with Crippen LogP contribution in [0.5, 0.6) is 0 Å². The lowest BCUT2D eigenvalue weighted by Gasteiger charge is -2.11. The lowest BCUT2D eigenvalue weighted by molar-refractivity contribution is -0.109. The van der Waals surface area contributed by atoms with E-state index in [0.29, 0.717) is 12.7 Å². The Kier molecular flexibility index (Phi) is 4.34. The molecule has 0 saturated heterocycles. The van der Waals surface area contributed by atoms with Crippen LogP contribution in [-0.4, -0.2) is 25.5 Å². The maximum absolute atomic E-state index is 10.9. The number of methoxy groups -OCH3 is 1. The topological polar surface area (TPSA) is 55.4 Å². The van der Waals surface area contributed by atoms with E-state index in [2.05, 4.69) is 10.1 Å². The molecule has 80 valence electrons. The monoisotopic (exact) mass is 207 g/mol. The summed E-state index contributed by atoms with van der Waals surface area (Å²) in [6, 6.07) is 8.92. The minimum Gasteiger partial charge on any atom is -0.453 e. The van der Waals surface area contributed by atoms with Crippen LogP contribution in [0.3, 0.4) is 0 Å². The van der Waals surface area contributed by atoms with Crippen LogP contribution in [0.4, 0.5) is 4.79 Å². The zero-order chi connectivity index (χ0) is 11.1. The van der Waals surface area contributed by atoms with Gasteiger partial charge in [0, 0.05) is 0 Å². The van der Waals surface area contributed by atoms with Crippen LogP contribution in [0.15, 0.2) is 30.3 Å². The second-order valence-electron chi connectivity index (χ2n) is 3.07. The summed E-state index contributed by atoms with van der Waals surface area (Å²) in [7, 11) is 1.26. The van der Waals surface area contributed by atoms with E-state index in [-0.39, 0.29) is 0 Å². The summed E-state index contributed by atoms with van der Waals surface area (Å²) in [4.78, 5) is 21.6. The van der Waals surface area contributed by atoms with Crippen molar-refractivity contribution in [3.8, 4) is 0 Å². The highest BCUT2D eigenvalue weighted by Crippen LogP contribution is 2.01. The molecule has 0 fully saturated rings. The number of benzene rings is 1. The fourth-order valence-electron chi connectivity index (χ4n) is 1.21. The third-order valence-corrected chi connectivity index (χ3v) is 1.95. The number of carbonyl (C=O) groups is 2. The van der Waals surface area contributed by atoms with Crippen LogP contribution in [0.25, 0.3) is 0 Å². The largest absolute Gasteiger partial charge is 0.453 e. The fraction of sp³-hybridized carbons (Fsp3) is 0.273. The highest BCUT2D eigenvalue weighted by atomic mass is 16.5. The van der Waals surface area contributed by atoms with Gasteiger partial charge in [0.1, 0.15) is 6.29 Å². The molecule has 0 radical (unpaired) electrons. The van der Waals surface area contributed by atoms with Crippen LogP contribution in [0.2, 0.25) is 0 Å². The van der Waals surface area contributed by atoms with Crippen molar-refractivity contribution < 1.29 is 14.3 Å². The van der Waals surface area contributed by atoms with Crippen molar-refractivity contribution in [2.75, 3.05) is 7.11 Å². The maximum Gasteiger partial charge on any atom is 0.407 e. The first kappa shape index (κ1) is 11.2. The fourth-order valence-corrected chi connectivity index (χ4v) is 1.21. The van der Waals surface area contributed by atoms with Crippen molar-refractivity contribution in [2.45, 2.75) is 12.5 Å². The molecule has 1 aromatic carbocycles. The first-order valence-corrected chi connectivity index (χ1v) is 4.60. The molecule has 0 aliphatic carbocycles. The molecule has 0 bridgehead atoms. The van der Waals surface area contributed by atoms with Gasteiger partial charge in [0.15, 0.2) is 0 Å². The molecule has 1 unspecified atom stereocenters. The third kappa shape index (κ3) is 3.81. The predicted molar refractivity (Wildman–Crippen MR) is 55.5 cm³/mol. The number of hydrogen-bond acceptors (Lipinski definition) is 3. The van der Waals surface area contributed by atoms with Gasteiger partial charge in [0.2, 0.25) is 0 Å². The quantitative estimate of drug-likeness (QED) is 0.753. The predicted octanol–water partition coefficient (Wildman–Crippen LogP) is 1.15. The minimum atomic E-state index is -0.594. The molecule has 0 heterocycles. The van der Waals surface area contributed by atoms with Gasteiger partial charge in [0.25, 0.3) is 0 Å². The molecular weight excluding hydrogens is 194 g/mol. The SMILES string of the molecule is COC(=O)NC(C=O)Cc1ccccc1. The van der Waals surface area contributed by atoms with E-state index in [1.807, 2.05) is 30.3 Å². The maximum atomic E-state index is 10.9. The lowest BCUT2D eigenvalue weighted by Crippen LogP contribution is -2.37. The van der Waals surface area contributed by atoms with E-state index < -0.39 is 12.1 Å². The molecular formula is C11H13NO3. The number of amides is 1. The zero-order valence-electron chi connectivity index (χ0n) is 8.47. The summed E-state index contributed by atoms with van der Waals surface area (Å²) < 4.78 is 4.41. The summed E-state index contributed by atoms with van der Waals surface area (Å²) in [5.74, 6) is 0. The number of carbonyl (C=O) groups excluding carboxylic acids is 2. The van der Waals surface area contributed by atoms with Crippen LogP contribution in [0.1, 0.15) is 5.56 Å². The molecule has 0 aromatic heterocycles. The Hall–Kier alpha value is -1.84. The zero-order valence-corrected chi connectivity index (χ0v) is 8.47. The Bertz CT molecular complexity index is 324. The van der Waals surface area contributed by atoms with Gasteiger partial charge in [-0.25, -0.2) is 4.79 Å². The number of alkyl carbamates (subject to hydrolysis) is 1. The number of rotatable bonds is 4. The molecule has 1 aromatic rings. The molecule has 0 aliphatic rings. The van der Waals surface area contributed by atoms with Gasteiger partial charge in [-0.15, -0.1) is 0 Å². The smallest absolute Gasteiger partial charge is 0.407 e. The van der Waals surface area contributed by atoms with Gasteiger partial charge in [-0.1, -0.05) is 30.3 Å². The van der Waals surface area contributed by atoms with Crippen LogP contribution in [-0.2, 0) is 16.0 Å². The van der Waals surface area contributed by atoms with Gasteiger partial charge >= 0.3 is 6.09 Å². The second kappa shape index (κ2) is 5.80. The van der Waals surface area contributed by atoms with E-state index in [1.54, 1.807) is 0 Å². The van der Waals surface area contributed by atoms with Crippen molar-refractivity contribution in [3.05, 3.63) is 35.9 Å². The Balaban J connectivity index is 2.54. The lowest BCUT2D eigenvalue weighted by atomic mass is 10.1. The minimum absolute atomic E-state index is 0.472. The van der Waals surface area contributed by atoms with E-state index in [9.17, 15) is 9.59 Å². The molecule has 4 heteroatoms. The molecule has 1 amide bonds. The average Bonchev–Trinajstić information content (AvgIpc) is 2.29. The normalized spacial score (nSPS) is 11.5. The first-order valence-electron chi connectivity index (χ1n) is 4.60. The summed E-state index contributed by atoms with van der Waals surface area (Å²) in [6.45, 7) is 0. The summed E-state index contributed by atoms with van der Waals surface area (Å²) >= 11 is 0. The molecule has 0 spiro atoms. The Labute approximate surface area is 88.2 Å². The summed E-state index contributed by atoms with van der Waals surface area (Å²) in [5, 5.41) is 2.44.